The number of fused-ring (bicyclic) bond motifs is 1. The van der Waals surface area contributed by atoms with E-state index in [2.05, 4.69) is 26.0 Å². The average molecular weight is 274 g/mol. The molecule has 19 heavy (non-hydrogen) atoms. The highest BCUT2D eigenvalue weighted by molar-refractivity contribution is 6.33. The Labute approximate surface area is 118 Å². The van der Waals surface area contributed by atoms with Crippen LogP contribution in [0, 0.1) is 0 Å². The monoisotopic (exact) mass is 273 g/mol. The highest BCUT2D eigenvalue weighted by Crippen LogP contribution is 2.40. The Kier molecular flexibility index (Phi) is 2.72. The Morgan fingerprint density at radius 1 is 1.11 bits per heavy atom. The Balaban J connectivity index is 2.10. The van der Waals surface area contributed by atoms with Gasteiger partial charge in [0.25, 0.3) is 0 Å². The van der Waals surface area contributed by atoms with Crippen LogP contribution in [-0.2, 0) is 5.41 Å². The Morgan fingerprint density at radius 3 is 2.53 bits per heavy atom. The van der Waals surface area contributed by atoms with Crippen molar-refractivity contribution in [2.45, 2.75) is 19.3 Å². The first-order valence-electron chi connectivity index (χ1n) is 6.30. The van der Waals surface area contributed by atoms with Crippen LogP contribution in [0.25, 0.3) is 11.1 Å². The van der Waals surface area contributed by atoms with Crippen molar-refractivity contribution in [3.8, 4) is 16.9 Å². The Morgan fingerprint density at radius 2 is 1.79 bits per heavy atom. The maximum atomic E-state index is 5.96. The predicted molar refractivity (Wildman–Crippen MR) is 79.8 cm³/mol. The fraction of sp³-hybridized carbons (Fsp3) is 0.250. The third-order valence-electron chi connectivity index (χ3n) is 3.63. The topological polar surface area (TPSA) is 35.2 Å². The van der Waals surface area contributed by atoms with Gasteiger partial charge in [-0.25, -0.2) is 0 Å². The summed E-state index contributed by atoms with van der Waals surface area (Å²) in [7, 11) is 0. The number of halogens is 1. The lowest BCUT2D eigenvalue weighted by atomic mass is 9.85. The summed E-state index contributed by atoms with van der Waals surface area (Å²) in [5, 5.41) is 0.591. The quantitative estimate of drug-likeness (QED) is 0.788. The summed E-state index contributed by atoms with van der Waals surface area (Å²) >= 11 is 5.96. The normalized spacial score (nSPS) is 15.9. The minimum atomic E-state index is 0.0588. The van der Waals surface area contributed by atoms with Gasteiger partial charge in [-0.2, -0.15) is 0 Å². The van der Waals surface area contributed by atoms with Crippen molar-refractivity contribution >= 4 is 17.3 Å². The van der Waals surface area contributed by atoms with Crippen LogP contribution in [0.15, 0.2) is 36.4 Å². The molecule has 0 aromatic heterocycles. The zero-order valence-electron chi connectivity index (χ0n) is 11.0. The van der Waals surface area contributed by atoms with Gasteiger partial charge in [-0.05, 0) is 35.4 Å². The lowest BCUT2D eigenvalue weighted by molar-refractivity contribution is 0.291. The zero-order valence-corrected chi connectivity index (χ0v) is 11.8. The number of ether oxygens (including phenoxy) is 1. The Hall–Kier alpha value is -1.67. The van der Waals surface area contributed by atoms with Crippen LogP contribution in [-0.4, -0.2) is 6.61 Å². The molecule has 0 saturated heterocycles. The van der Waals surface area contributed by atoms with E-state index in [1.807, 2.05) is 24.3 Å². The van der Waals surface area contributed by atoms with Crippen molar-refractivity contribution in [1.82, 2.24) is 0 Å². The third-order valence-corrected chi connectivity index (χ3v) is 3.97. The second-order valence-corrected chi connectivity index (χ2v) is 6.03. The molecule has 3 rings (SSSR count). The van der Waals surface area contributed by atoms with Crippen LogP contribution in [0.3, 0.4) is 0 Å². The van der Waals surface area contributed by atoms with Crippen LogP contribution >= 0.6 is 11.6 Å². The molecular formula is C16H16ClNO. The number of hydrogen-bond acceptors (Lipinski definition) is 2. The molecule has 2 aromatic rings. The maximum absolute atomic E-state index is 5.96. The number of rotatable bonds is 1. The number of benzene rings is 2. The molecule has 0 spiro atoms. The van der Waals surface area contributed by atoms with Crippen LogP contribution in [0.5, 0.6) is 5.75 Å². The van der Waals surface area contributed by atoms with E-state index in [9.17, 15) is 0 Å². The van der Waals surface area contributed by atoms with Gasteiger partial charge in [-0.15, -0.1) is 0 Å². The zero-order chi connectivity index (χ0) is 13.6. The van der Waals surface area contributed by atoms with E-state index < -0.39 is 0 Å². The van der Waals surface area contributed by atoms with Gasteiger partial charge < -0.3 is 10.5 Å². The molecule has 0 aliphatic carbocycles. The van der Waals surface area contributed by atoms with Gasteiger partial charge in [0.05, 0.1) is 17.3 Å². The summed E-state index contributed by atoms with van der Waals surface area (Å²) in [6, 6.07) is 12.0. The molecule has 0 unspecified atom stereocenters. The minimum Gasteiger partial charge on any atom is -0.492 e. The van der Waals surface area contributed by atoms with Gasteiger partial charge in [0.15, 0.2) is 0 Å². The summed E-state index contributed by atoms with van der Waals surface area (Å²) < 4.78 is 5.70. The summed E-state index contributed by atoms with van der Waals surface area (Å²) in [6.07, 6.45) is 0. The SMILES string of the molecule is CC1(C)COc2ccc(-c3ccc(Cl)c(N)c3)cc21. The molecule has 2 nitrogen and oxygen atoms in total. The molecule has 0 atom stereocenters. The highest BCUT2D eigenvalue weighted by atomic mass is 35.5. The van der Waals surface area contributed by atoms with Crippen LogP contribution in [0.1, 0.15) is 19.4 Å². The summed E-state index contributed by atoms with van der Waals surface area (Å²) in [4.78, 5) is 0. The number of nitrogens with two attached hydrogens (primary N) is 1. The van der Waals surface area contributed by atoms with E-state index in [0.29, 0.717) is 10.7 Å². The smallest absolute Gasteiger partial charge is 0.123 e. The van der Waals surface area contributed by atoms with Crippen molar-refractivity contribution in [3.05, 3.63) is 47.0 Å². The summed E-state index contributed by atoms with van der Waals surface area (Å²) in [5.41, 5.74) is 10.00. The molecule has 1 heterocycles. The van der Waals surface area contributed by atoms with E-state index in [1.165, 1.54) is 5.56 Å². The van der Waals surface area contributed by atoms with E-state index in [1.54, 1.807) is 0 Å². The van der Waals surface area contributed by atoms with Crippen molar-refractivity contribution in [2.75, 3.05) is 12.3 Å². The first-order chi connectivity index (χ1) is 8.97. The van der Waals surface area contributed by atoms with Gasteiger partial charge >= 0.3 is 0 Å². The van der Waals surface area contributed by atoms with E-state index in [4.69, 9.17) is 22.1 Å². The predicted octanol–water partition coefficient (Wildman–Crippen LogP) is 4.26. The van der Waals surface area contributed by atoms with Crippen molar-refractivity contribution < 1.29 is 4.74 Å². The van der Waals surface area contributed by atoms with Gasteiger partial charge in [0, 0.05) is 11.0 Å². The number of anilines is 1. The molecular weight excluding hydrogens is 258 g/mol. The van der Waals surface area contributed by atoms with Crippen molar-refractivity contribution in [2.24, 2.45) is 0 Å². The van der Waals surface area contributed by atoms with Gasteiger partial charge in [-0.3, -0.25) is 0 Å². The lowest BCUT2D eigenvalue weighted by Crippen LogP contribution is -2.18. The molecule has 0 amide bonds. The standard InChI is InChI=1S/C16H16ClNO/c1-16(2)9-19-15-6-4-10(7-12(15)16)11-3-5-13(17)14(18)8-11/h3-8H,9,18H2,1-2H3. The van der Waals surface area contributed by atoms with E-state index in [0.717, 1.165) is 23.5 Å². The number of hydrogen-bond donors (Lipinski definition) is 1. The highest BCUT2D eigenvalue weighted by Gasteiger charge is 2.31. The molecule has 0 radical (unpaired) electrons. The van der Waals surface area contributed by atoms with E-state index in [-0.39, 0.29) is 5.41 Å². The van der Waals surface area contributed by atoms with Crippen molar-refractivity contribution in [1.29, 1.82) is 0 Å². The third kappa shape index (κ3) is 2.06. The van der Waals surface area contributed by atoms with Gasteiger partial charge in [0.1, 0.15) is 5.75 Å². The molecule has 1 aliphatic rings. The molecule has 2 N–H and O–H groups in total. The fourth-order valence-corrected chi connectivity index (χ4v) is 2.54. The van der Waals surface area contributed by atoms with Gasteiger partial charge in [0.2, 0.25) is 0 Å². The second-order valence-electron chi connectivity index (χ2n) is 5.62. The van der Waals surface area contributed by atoms with Crippen LogP contribution in [0.4, 0.5) is 5.69 Å². The molecule has 98 valence electrons. The molecule has 1 aliphatic heterocycles. The molecule has 0 fully saturated rings. The summed E-state index contributed by atoms with van der Waals surface area (Å²) in [6.45, 7) is 5.12. The van der Waals surface area contributed by atoms with Crippen molar-refractivity contribution in [3.63, 3.8) is 0 Å². The lowest BCUT2D eigenvalue weighted by Gasteiger charge is -2.16. The van der Waals surface area contributed by atoms with Crippen LogP contribution < -0.4 is 10.5 Å². The molecule has 0 saturated carbocycles. The largest absolute Gasteiger partial charge is 0.492 e. The second kappa shape index (κ2) is 4.17. The number of nitrogen functional groups attached to an aromatic ring is 1. The molecule has 2 aromatic carbocycles. The molecule has 0 bridgehead atoms. The average Bonchev–Trinajstić information content (AvgIpc) is 2.69. The van der Waals surface area contributed by atoms with Gasteiger partial charge in [-0.1, -0.05) is 37.6 Å². The van der Waals surface area contributed by atoms with Crippen LogP contribution in [0.2, 0.25) is 5.02 Å². The maximum Gasteiger partial charge on any atom is 0.123 e. The Bertz CT molecular complexity index is 649. The first-order valence-corrected chi connectivity index (χ1v) is 6.68. The first kappa shape index (κ1) is 12.4. The minimum absolute atomic E-state index is 0.0588. The summed E-state index contributed by atoms with van der Waals surface area (Å²) in [5.74, 6) is 0.982. The van der Waals surface area contributed by atoms with E-state index >= 15 is 0 Å². The molecule has 3 heteroatoms. The fourth-order valence-electron chi connectivity index (χ4n) is 2.42.